The van der Waals surface area contributed by atoms with Crippen molar-refractivity contribution < 1.29 is 34.4 Å². The molecule has 0 aromatic carbocycles. The highest BCUT2D eigenvalue weighted by molar-refractivity contribution is 6.08. The summed E-state index contributed by atoms with van der Waals surface area (Å²) in [6.07, 6.45) is -0.581. The molecule has 0 bridgehead atoms. The van der Waals surface area contributed by atoms with Gasteiger partial charge in [0.2, 0.25) is 0 Å². The number of carbonyl (C=O) groups is 3. The van der Waals surface area contributed by atoms with Crippen LogP contribution in [0.2, 0.25) is 0 Å². The van der Waals surface area contributed by atoms with Crippen molar-refractivity contribution in [3.63, 3.8) is 0 Å². The summed E-state index contributed by atoms with van der Waals surface area (Å²) >= 11 is 0. The summed E-state index contributed by atoms with van der Waals surface area (Å²) in [5.41, 5.74) is -3.63. The highest BCUT2D eigenvalue weighted by atomic mass is 16.6. The molecule has 0 amide bonds. The van der Waals surface area contributed by atoms with Gasteiger partial charge in [-0.2, -0.15) is 0 Å². The lowest BCUT2D eigenvalue weighted by Gasteiger charge is -2.62. The molecule has 1 spiro atoms. The van der Waals surface area contributed by atoms with Crippen LogP contribution in [0.3, 0.4) is 0 Å². The number of Topliss-reactive ketones (excluding diaryl/α,β-unsaturated/α-hetero) is 2. The number of ketones is 2. The number of aliphatic hydroxyl groups excluding tert-OH is 3. The fourth-order valence-electron chi connectivity index (χ4n) is 11.0. The first-order valence-corrected chi connectivity index (χ1v) is 14.1. The Hall–Kier alpha value is -1.57. The minimum absolute atomic E-state index is 0.0451. The van der Waals surface area contributed by atoms with Crippen molar-refractivity contribution in [1.29, 1.82) is 0 Å². The molecule has 3 N–H and O–H groups in total. The Labute approximate surface area is 219 Å². The first-order valence-electron chi connectivity index (χ1n) is 14.1. The van der Waals surface area contributed by atoms with Gasteiger partial charge in [0.15, 0.2) is 11.6 Å². The molecule has 6 unspecified atom stereocenters. The van der Waals surface area contributed by atoms with E-state index in [4.69, 9.17) is 4.74 Å². The Kier molecular flexibility index (Phi) is 4.96. The van der Waals surface area contributed by atoms with E-state index in [0.717, 1.165) is 0 Å². The summed E-state index contributed by atoms with van der Waals surface area (Å²) < 4.78 is 6.01. The van der Waals surface area contributed by atoms with Crippen LogP contribution in [0.15, 0.2) is 11.1 Å². The average molecular weight is 515 g/mol. The average Bonchev–Trinajstić information content (AvgIpc) is 3.33. The van der Waals surface area contributed by atoms with Crippen LogP contribution in [-0.2, 0) is 19.1 Å². The molecule has 3 saturated carbocycles. The Morgan fingerprint density at radius 3 is 2.19 bits per heavy atom. The standard InChI is InChI=1S/C30H42O7/c1-13-11-30(12-14(2)25(36)37-30)21-18(13)28(6)24(35)22(33)20-19(29(28,7)23(21)34)15(31)10-16-26(3,4)17(32)8-9-27(16,20)5/h13-18,21,24,31-32,35H,8-12H2,1-7H3/t13?,14-,15+,16?,17?,18?,21?,24-,27+,28+,29?,30+/m1/s1. The van der Waals surface area contributed by atoms with Crippen molar-refractivity contribution in [2.75, 3.05) is 0 Å². The monoisotopic (exact) mass is 514 g/mol. The molecule has 6 rings (SSSR count). The third kappa shape index (κ3) is 2.58. The number of fused-ring (bicyclic) bond motifs is 7. The molecular formula is C30H42O7. The molecule has 0 radical (unpaired) electrons. The Balaban J connectivity index is 1.59. The van der Waals surface area contributed by atoms with Crippen molar-refractivity contribution in [3.05, 3.63) is 11.1 Å². The molecule has 204 valence electrons. The molecular weight excluding hydrogens is 472 g/mol. The SMILES string of the molecule is CC1C[C@]2(C[C@@H](C)C(=O)O2)C2C(=O)C3(C)C4=C(C(=O)[C@@H](O)[C@]3(C)C12)[C@@]1(C)CCC(O)C(C)(C)C1C[C@@H]4O. The van der Waals surface area contributed by atoms with E-state index in [1.165, 1.54) is 0 Å². The van der Waals surface area contributed by atoms with E-state index < -0.39 is 51.5 Å². The van der Waals surface area contributed by atoms with Crippen LogP contribution in [-0.4, -0.2) is 56.8 Å². The van der Waals surface area contributed by atoms with Crippen molar-refractivity contribution in [3.8, 4) is 0 Å². The normalized spacial score (nSPS) is 56.2. The van der Waals surface area contributed by atoms with Crippen molar-refractivity contribution in [2.24, 2.45) is 51.2 Å². The molecule has 1 heterocycles. The lowest BCUT2D eigenvalue weighted by Crippen LogP contribution is -2.65. The van der Waals surface area contributed by atoms with Gasteiger partial charge in [0.25, 0.3) is 0 Å². The maximum absolute atomic E-state index is 14.8. The van der Waals surface area contributed by atoms with Gasteiger partial charge in [0.05, 0.1) is 29.5 Å². The van der Waals surface area contributed by atoms with Crippen molar-refractivity contribution >= 4 is 17.5 Å². The van der Waals surface area contributed by atoms with E-state index in [2.05, 4.69) is 0 Å². The van der Waals surface area contributed by atoms with Crippen LogP contribution in [0.25, 0.3) is 0 Å². The zero-order valence-corrected chi connectivity index (χ0v) is 23.1. The first-order chi connectivity index (χ1) is 17.0. The predicted molar refractivity (Wildman–Crippen MR) is 134 cm³/mol. The molecule has 1 aliphatic heterocycles. The minimum atomic E-state index is -1.40. The Bertz CT molecular complexity index is 1150. The molecule has 1 saturated heterocycles. The molecule has 5 aliphatic carbocycles. The van der Waals surface area contributed by atoms with Gasteiger partial charge in [0.1, 0.15) is 11.7 Å². The van der Waals surface area contributed by atoms with Crippen molar-refractivity contribution in [1.82, 2.24) is 0 Å². The number of ether oxygens (including phenoxy) is 1. The molecule has 7 nitrogen and oxygen atoms in total. The predicted octanol–water partition coefficient (Wildman–Crippen LogP) is 2.98. The second kappa shape index (κ2) is 7.14. The van der Waals surface area contributed by atoms with Crippen LogP contribution in [0.5, 0.6) is 0 Å². The summed E-state index contributed by atoms with van der Waals surface area (Å²) in [7, 11) is 0. The largest absolute Gasteiger partial charge is 0.458 e. The molecule has 7 heteroatoms. The van der Waals surface area contributed by atoms with Gasteiger partial charge < -0.3 is 20.1 Å². The molecule has 12 atom stereocenters. The molecule has 0 aromatic heterocycles. The summed E-state index contributed by atoms with van der Waals surface area (Å²) in [6, 6.07) is 0. The second-order valence-electron chi connectivity index (χ2n) is 14.7. The highest BCUT2D eigenvalue weighted by Crippen LogP contribution is 2.75. The van der Waals surface area contributed by atoms with Gasteiger partial charge in [-0.05, 0) is 66.8 Å². The summed E-state index contributed by atoms with van der Waals surface area (Å²) in [5, 5.41) is 34.6. The molecule has 0 aromatic rings. The van der Waals surface area contributed by atoms with Gasteiger partial charge in [-0.3, -0.25) is 14.4 Å². The maximum atomic E-state index is 14.8. The minimum Gasteiger partial charge on any atom is -0.458 e. The van der Waals surface area contributed by atoms with E-state index in [9.17, 15) is 29.7 Å². The van der Waals surface area contributed by atoms with Crippen LogP contribution in [0.4, 0.5) is 0 Å². The number of carbonyl (C=O) groups excluding carboxylic acids is 3. The van der Waals surface area contributed by atoms with Gasteiger partial charge in [0, 0.05) is 17.4 Å². The quantitative estimate of drug-likeness (QED) is 0.425. The van der Waals surface area contributed by atoms with E-state index in [1.54, 1.807) is 0 Å². The lowest BCUT2D eigenvalue weighted by molar-refractivity contribution is -0.159. The van der Waals surface area contributed by atoms with Gasteiger partial charge in [-0.25, -0.2) is 0 Å². The zero-order valence-electron chi connectivity index (χ0n) is 23.1. The van der Waals surface area contributed by atoms with Crippen LogP contribution in [0, 0.1) is 51.2 Å². The Morgan fingerprint density at radius 2 is 1.59 bits per heavy atom. The van der Waals surface area contributed by atoms with Crippen LogP contribution < -0.4 is 0 Å². The van der Waals surface area contributed by atoms with Crippen LogP contribution in [0.1, 0.15) is 80.6 Å². The molecule has 37 heavy (non-hydrogen) atoms. The highest BCUT2D eigenvalue weighted by Gasteiger charge is 2.81. The van der Waals surface area contributed by atoms with E-state index in [-0.39, 0.29) is 41.2 Å². The second-order valence-corrected chi connectivity index (χ2v) is 14.7. The molecule has 6 aliphatic rings. The smallest absolute Gasteiger partial charge is 0.309 e. The van der Waals surface area contributed by atoms with E-state index in [0.29, 0.717) is 43.3 Å². The van der Waals surface area contributed by atoms with Crippen LogP contribution >= 0.6 is 0 Å². The Morgan fingerprint density at radius 1 is 0.946 bits per heavy atom. The van der Waals surface area contributed by atoms with E-state index >= 15 is 0 Å². The lowest BCUT2D eigenvalue weighted by atomic mass is 9.42. The fraction of sp³-hybridized carbons (Fsp3) is 0.833. The zero-order chi connectivity index (χ0) is 27.2. The number of esters is 1. The number of hydrogen-bond acceptors (Lipinski definition) is 7. The first kappa shape index (κ1) is 25.7. The van der Waals surface area contributed by atoms with Gasteiger partial charge >= 0.3 is 5.97 Å². The summed E-state index contributed by atoms with van der Waals surface area (Å²) in [6.45, 7) is 13.5. The van der Waals surface area contributed by atoms with Gasteiger partial charge in [-0.15, -0.1) is 0 Å². The maximum Gasteiger partial charge on any atom is 0.309 e. The third-order valence-corrected chi connectivity index (χ3v) is 12.8. The fourth-order valence-corrected chi connectivity index (χ4v) is 11.0. The number of hydrogen-bond donors (Lipinski definition) is 3. The number of aliphatic hydroxyl groups is 3. The van der Waals surface area contributed by atoms with Crippen molar-refractivity contribution in [2.45, 2.75) is 104 Å². The number of rotatable bonds is 0. The van der Waals surface area contributed by atoms with Gasteiger partial charge in [-0.1, -0.05) is 41.5 Å². The summed E-state index contributed by atoms with van der Waals surface area (Å²) in [4.78, 5) is 41.6. The topological polar surface area (TPSA) is 121 Å². The van der Waals surface area contributed by atoms with E-state index in [1.807, 2.05) is 48.5 Å². The molecule has 4 fully saturated rings. The summed E-state index contributed by atoms with van der Waals surface area (Å²) in [5.74, 6) is -2.29. The third-order valence-electron chi connectivity index (χ3n) is 12.8.